The third kappa shape index (κ3) is 9.42. The van der Waals surface area contributed by atoms with Crippen LogP contribution in [-0.4, -0.2) is 0 Å². The van der Waals surface area contributed by atoms with Gasteiger partial charge >= 0.3 is 0 Å². The summed E-state index contributed by atoms with van der Waals surface area (Å²) in [6.45, 7) is 0. The van der Waals surface area contributed by atoms with E-state index in [2.05, 4.69) is 374 Å². The quantitative estimate of drug-likeness (QED) is 0.119. The first-order valence-corrected chi connectivity index (χ1v) is 32.5. The summed E-state index contributed by atoms with van der Waals surface area (Å²) in [5.41, 5.74) is 18.4. The maximum atomic E-state index is 2.53. The van der Waals surface area contributed by atoms with Crippen LogP contribution in [0.5, 0.6) is 0 Å². The number of nitrogens with zero attached hydrogens (tertiary/aromatic N) is 2. The fourth-order valence-electron chi connectivity index (χ4n) is 14.9. The first kappa shape index (κ1) is 54.6. The van der Waals surface area contributed by atoms with Crippen molar-refractivity contribution in [3.63, 3.8) is 0 Å². The van der Waals surface area contributed by atoms with E-state index in [1.807, 2.05) is 0 Å². The van der Waals surface area contributed by atoms with Crippen molar-refractivity contribution in [2.75, 3.05) is 9.80 Å². The van der Waals surface area contributed by atoms with Crippen LogP contribution in [0.1, 0.15) is 0 Å². The van der Waals surface area contributed by atoms with Crippen molar-refractivity contribution in [2.24, 2.45) is 0 Å². The van der Waals surface area contributed by atoms with Gasteiger partial charge in [-0.15, -0.1) is 0 Å². The highest BCUT2D eigenvalue weighted by Gasteiger charge is 2.27. The second-order valence-electron chi connectivity index (χ2n) is 24.7. The summed E-state index contributed by atoms with van der Waals surface area (Å²) in [6.07, 6.45) is 0. The molecule has 0 radical (unpaired) electrons. The molecule has 18 rings (SSSR count). The Labute approximate surface area is 546 Å². The minimum atomic E-state index is 1.08. The lowest BCUT2D eigenvalue weighted by molar-refractivity contribution is 1.31. The molecule has 0 spiro atoms. The molecule has 2 nitrogen and oxygen atoms in total. The lowest BCUT2D eigenvalue weighted by Crippen LogP contribution is -2.13. The van der Waals surface area contributed by atoms with Crippen molar-refractivity contribution in [3.8, 4) is 55.6 Å². The van der Waals surface area contributed by atoms with Gasteiger partial charge in [-0.05, 0) is 181 Å². The van der Waals surface area contributed by atoms with Crippen LogP contribution in [0.15, 0.2) is 364 Å². The van der Waals surface area contributed by atoms with Crippen molar-refractivity contribution < 1.29 is 0 Å². The highest BCUT2D eigenvalue weighted by molar-refractivity contribution is 6.19. The van der Waals surface area contributed by atoms with E-state index in [9.17, 15) is 0 Å². The van der Waals surface area contributed by atoms with E-state index in [0.29, 0.717) is 0 Å². The van der Waals surface area contributed by atoms with Gasteiger partial charge in [0.2, 0.25) is 0 Å². The lowest BCUT2D eigenvalue weighted by atomic mass is 9.91. The molecule has 0 heterocycles. The SMILES string of the molecule is c1ccc(-c2cccc(N(c3ccc4ccccc4c3-c3ccc4ccccc4c3)c3cc4ccc(-c5ccc6cc(-c7c(N(c8ccccc8-c8ccccc8)c8cc9ccccc9c9ccccc89)ccc8ccccc78)ccc6c5)cc4c4ccccc34)c2)cc1. The summed E-state index contributed by atoms with van der Waals surface area (Å²) in [5.74, 6) is 0. The van der Waals surface area contributed by atoms with Gasteiger partial charge in [0, 0.05) is 33.2 Å². The van der Waals surface area contributed by atoms with Gasteiger partial charge in [-0.1, -0.05) is 297 Å². The molecule has 18 aromatic carbocycles. The Morgan fingerprint density at radius 1 is 0.149 bits per heavy atom. The number of anilines is 6. The van der Waals surface area contributed by atoms with Gasteiger partial charge in [0.15, 0.2) is 0 Å². The zero-order valence-electron chi connectivity index (χ0n) is 51.5. The second-order valence-corrected chi connectivity index (χ2v) is 24.7. The van der Waals surface area contributed by atoms with Crippen LogP contribution in [0.25, 0.3) is 142 Å². The number of rotatable bonds is 11. The molecule has 0 amide bonds. The van der Waals surface area contributed by atoms with Gasteiger partial charge in [-0.2, -0.15) is 0 Å². The highest BCUT2D eigenvalue weighted by Crippen LogP contribution is 2.52. The maximum Gasteiger partial charge on any atom is 0.0547 e. The van der Waals surface area contributed by atoms with Crippen LogP contribution < -0.4 is 9.80 Å². The number of hydrogen-bond donors (Lipinski definition) is 0. The van der Waals surface area contributed by atoms with Crippen LogP contribution in [0.4, 0.5) is 34.1 Å². The van der Waals surface area contributed by atoms with Gasteiger partial charge in [-0.3, -0.25) is 0 Å². The molecular weight excluding hydrogens is 1130 g/mol. The maximum absolute atomic E-state index is 2.53. The van der Waals surface area contributed by atoms with Gasteiger partial charge in [0.1, 0.15) is 0 Å². The van der Waals surface area contributed by atoms with Gasteiger partial charge in [0.05, 0.1) is 28.4 Å². The molecule has 0 aliphatic heterocycles. The van der Waals surface area contributed by atoms with Gasteiger partial charge in [-0.25, -0.2) is 0 Å². The molecule has 0 saturated carbocycles. The summed E-state index contributed by atoms with van der Waals surface area (Å²) in [7, 11) is 0. The molecule has 438 valence electrons. The first-order chi connectivity index (χ1) is 46.6. The molecule has 18 aromatic rings. The zero-order valence-corrected chi connectivity index (χ0v) is 51.5. The van der Waals surface area contributed by atoms with Crippen molar-refractivity contribution >= 4 is 120 Å². The molecule has 0 bridgehead atoms. The molecular formula is C92H60N2. The third-order valence-electron chi connectivity index (χ3n) is 19.3. The average molecular weight is 1190 g/mol. The molecule has 0 aliphatic rings. The Bertz CT molecular complexity index is 6010. The minimum Gasteiger partial charge on any atom is -0.309 e. The van der Waals surface area contributed by atoms with Crippen LogP contribution >= 0.6 is 0 Å². The van der Waals surface area contributed by atoms with Crippen molar-refractivity contribution in [1.82, 2.24) is 0 Å². The Morgan fingerprint density at radius 3 is 1.19 bits per heavy atom. The van der Waals surface area contributed by atoms with Crippen LogP contribution in [0.2, 0.25) is 0 Å². The predicted molar refractivity (Wildman–Crippen MR) is 403 cm³/mol. The summed E-state index contributed by atoms with van der Waals surface area (Å²) in [5, 5.41) is 19.2. The average Bonchev–Trinajstić information content (AvgIpc) is 0.753. The topological polar surface area (TPSA) is 6.48 Å². The van der Waals surface area contributed by atoms with E-state index in [0.717, 1.165) is 56.4 Å². The van der Waals surface area contributed by atoms with Crippen molar-refractivity contribution in [2.45, 2.75) is 0 Å². The van der Waals surface area contributed by atoms with Crippen molar-refractivity contribution in [3.05, 3.63) is 364 Å². The fourth-order valence-corrected chi connectivity index (χ4v) is 14.9. The van der Waals surface area contributed by atoms with E-state index >= 15 is 0 Å². The molecule has 0 fully saturated rings. The number of fused-ring (bicyclic) bond motifs is 10. The molecule has 0 aliphatic carbocycles. The van der Waals surface area contributed by atoms with Gasteiger partial charge in [0.25, 0.3) is 0 Å². The summed E-state index contributed by atoms with van der Waals surface area (Å²) in [4.78, 5) is 5.05. The molecule has 2 heteroatoms. The van der Waals surface area contributed by atoms with E-state index in [-0.39, 0.29) is 0 Å². The fraction of sp³-hybridized carbons (Fsp3) is 0. The molecule has 94 heavy (non-hydrogen) atoms. The van der Waals surface area contributed by atoms with Crippen LogP contribution in [0.3, 0.4) is 0 Å². The Balaban J connectivity index is 0.785. The Kier molecular flexibility index (Phi) is 13.3. The normalized spacial score (nSPS) is 11.6. The second kappa shape index (κ2) is 22.8. The number of para-hydroxylation sites is 1. The highest BCUT2D eigenvalue weighted by atomic mass is 15.2. The van der Waals surface area contributed by atoms with E-state index in [1.165, 1.54) is 120 Å². The summed E-state index contributed by atoms with van der Waals surface area (Å²) >= 11 is 0. The largest absolute Gasteiger partial charge is 0.309 e. The zero-order chi connectivity index (χ0) is 62.1. The first-order valence-electron chi connectivity index (χ1n) is 32.5. The van der Waals surface area contributed by atoms with E-state index < -0.39 is 0 Å². The monoisotopic (exact) mass is 1190 g/mol. The summed E-state index contributed by atoms with van der Waals surface area (Å²) < 4.78 is 0. The molecule has 0 atom stereocenters. The standard InChI is InChI=1S/C92H60N2/c1-3-22-61(23-4-1)67-31-21-32-76(57-67)93(87-52-50-64-27-9-13-35-79(64)91(87)74-48-42-62-24-7-8-29-66(62)55-74)89-60-73-47-45-71(58-85(73)82-38-16-18-40-84(82)89)69-43-44-70-56-75(49-46-68(70)54-69)92-80-36-14-10-28-65(80)51-53-88(92)94(86-41-20-19-34-78(86)63-25-5-2-6-26-63)90-59-72-30-11-12-33-77(72)81-37-15-17-39-83(81)90/h1-60H. The lowest BCUT2D eigenvalue weighted by Gasteiger charge is -2.32. The Morgan fingerprint density at radius 2 is 0.543 bits per heavy atom. The van der Waals surface area contributed by atoms with E-state index in [4.69, 9.17) is 0 Å². The predicted octanol–water partition coefficient (Wildman–Crippen LogP) is 26.2. The van der Waals surface area contributed by atoms with Gasteiger partial charge < -0.3 is 9.80 Å². The van der Waals surface area contributed by atoms with Crippen LogP contribution in [0, 0.1) is 0 Å². The van der Waals surface area contributed by atoms with Crippen LogP contribution in [-0.2, 0) is 0 Å². The summed E-state index contributed by atoms with van der Waals surface area (Å²) in [6, 6.07) is 135. The molecule has 0 aromatic heterocycles. The van der Waals surface area contributed by atoms with E-state index in [1.54, 1.807) is 0 Å². The number of benzene rings is 18. The molecule has 0 N–H and O–H groups in total. The number of hydrogen-bond acceptors (Lipinski definition) is 2. The third-order valence-corrected chi connectivity index (χ3v) is 19.3. The molecule has 0 saturated heterocycles. The smallest absolute Gasteiger partial charge is 0.0547 e. The molecule has 0 unspecified atom stereocenters. The minimum absolute atomic E-state index is 1.08. The van der Waals surface area contributed by atoms with Crippen molar-refractivity contribution in [1.29, 1.82) is 0 Å². The Hall–Kier alpha value is -12.4.